The zero-order valence-electron chi connectivity index (χ0n) is 15.9. The number of carbonyl (C=O) groups is 1. The van der Waals surface area contributed by atoms with Crippen molar-refractivity contribution in [2.45, 2.75) is 6.42 Å². The molecule has 7 heteroatoms. The molecule has 1 amide bonds. The average molecular weight is 416 g/mol. The molecule has 0 bridgehead atoms. The van der Waals surface area contributed by atoms with E-state index in [0.717, 1.165) is 16.9 Å². The van der Waals surface area contributed by atoms with Gasteiger partial charge in [-0.2, -0.15) is 0 Å². The summed E-state index contributed by atoms with van der Waals surface area (Å²) in [5.41, 5.74) is 1.89. The van der Waals surface area contributed by atoms with E-state index in [-0.39, 0.29) is 5.91 Å². The summed E-state index contributed by atoms with van der Waals surface area (Å²) in [5.74, 6) is 1.98. The van der Waals surface area contributed by atoms with Crippen LogP contribution >= 0.6 is 24.0 Å². The minimum absolute atomic E-state index is 0.0821. The minimum atomic E-state index is -0.0821. The Bertz CT molecular complexity index is 926. The van der Waals surface area contributed by atoms with Gasteiger partial charge >= 0.3 is 0 Å². The lowest BCUT2D eigenvalue weighted by Crippen LogP contribution is -2.30. The van der Waals surface area contributed by atoms with Gasteiger partial charge in [-0.25, -0.2) is 0 Å². The molecule has 1 aliphatic rings. The molecule has 1 fully saturated rings. The number of ether oxygens (including phenoxy) is 3. The van der Waals surface area contributed by atoms with Crippen molar-refractivity contribution in [2.75, 3.05) is 27.9 Å². The van der Waals surface area contributed by atoms with Crippen LogP contribution in [-0.2, 0) is 11.2 Å². The van der Waals surface area contributed by atoms with Crippen molar-refractivity contribution >= 4 is 40.3 Å². The Labute approximate surface area is 174 Å². The molecule has 0 radical (unpaired) electrons. The fourth-order valence-electron chi connectivity index (χ4n) is 2.90. The topological polar surface area (TPSA) is 48.0 Å². The number of hydrogen-bond donors (Lipinski definition) is 0. The monoisotopic (exact) mass is 415 g/mol. The zero-order chi connectivity index (χ0) is 20.1. The highest BCUT2D eigenvalue weighted by atomic mass is 32.2. The van der Waals surface area contributed by atoms with Crippen molar-refractivity contribution < 1.29 is 19.0 Å². The molecule has 5 nitrogen and oxygen atoms in total. The van der Waals surface area contributed by atoms with Gasteiger partial charge in [-0.1, -0.05) is 48.2 Å². The van der Waals surface area contributed by atoms with E-state index < -0.39 is 0 Å². The SMILES string of the molecule is COc1ccccc1/C=C1/SC(=S)N(CCc2ccc(OC)c(OC)c2)C1=O. The van der Waals surface area contributed by atoms with Gasteiger partial charge in [0.2, 0.25) is 0 Å². The summed E-state index contributed by atoms with van der Waals surface area (Å²) in [6, 6.07) is 13.3. The van der Waals surface area contributed by atoms with Crippen molar-refractivity contribution in [3.8, 4) is 17.2 Å². The molecule has 0 N–H and O–H groups in total. The van der Waals surface area contributed by atoms with Gasteiger partial charge in [0.15, 0.2) is 11.5 Å². The predicted octanol–water partition coefficient (Wildman–Crippen LogP) is 4.16. The normalized spacial score (nSPS) is 15.2. The second kappa shape index (κ2) is 9.12. The maximum absolute atomic E-state index is 12.8. The van der Waals surface area contributed by atoms with Gasteiger partial charge in [-0.15, -0.1) is 0 Å². The first-order valence-corrected chi connectivity index (χ1v) is 9.89. The quantitative estimate of drug-likeness (QED) is 0.500. The molecule has 0 aliphatic carbocycles. The fraction of sp³-hybridized carbons (Fsp3) is 0.238. The van der Waals surface area contributed by atoms with Crippen molar-refractivity contribution in [2.24, 2.45) is 0 Å². The molecule has 28 heavy (non-hydrogen) atoms. The number of methoxy groups -OCH3 is 3. The molecular formula is C21H21NO4S2. The summed E-state index contributed by atoms with van der Waals surface area (Å²) in [6.07, 6.45) is 2.49. The van der Waals surface area contributed by atoms with Crippen molar-refractivity contribution in [1.82, 2.24) is 4.90 Å². The Morgan fingerprint density at radius 1 is 1.00 bits per heavy atom. The van der Waals surface area contributed by atoms with E-state index >= 15 is 0 Å². The van der Waals surface area contributed by atoms with Crippen LogP contribution in [0.3, 0.4) is 0 Å². The highest BCUT2D eigenvalue weighted by Gasteiger charge is 2.31. The second-order valence-electron chi connectivity index (χ2n) is 6.01. The van der Waals surface area contributed by atoms with E-state index in [1.807, 2.05) is 48.5 Å². The molecule has 0 unspecified atom stereocenters. The van der Waals surface area contributed by atoms with Gasteiger partial charge in [0.1, 0.15) is 10.1 Å². The van der Waals surface area contributed by atoms with Gasteiger partial charge in [-0.05, 0) is 36.3 Å². The van der Waals surface area contributed by atoms with Crippen LogP contribution in [0.15, 0.2) is 47.4 Å². The number of hydrogen-bond acceptors (Lipinski definition) is 6. The molecular weight excluding hydrogens is 394 g/mol. The largest absolute Gasteiger partial charge is 0.496 e. The van der Waals surface area contributed by atoms with E-state index in [1.54, 1.807) is 26.2 Å². The van der Waals surface area contributed by atoms with Gasteiger partial charge in [-0.3, -0.25) is 9.69 Å². The third kappa shape index (κ3) is 4.31. The molecule has 1 saturated heterocycles. The molecule has 0 spiro atoms. The number of thiocarbonyl (C=S) groups is 1. The summed E-state index contributed by atoms with van der Waals surface area (Å²) in [6.45, 7) is 0.503. The van der Waals surface area contributed by atoms with Crippen LogP contribution in [0.4, 0.5) is 0 Å². The smallest absolute Gasteiger partial charge is 0.266 e. The van der Waals surface area contributed by atoms with Crippen molar-refractivity contribution in [3.63, 3.8) is 0 Å². The van der Waals surface area contributed by atoms with Crippen LogP contribution in [-0.4, -0.2) is 43.0 Å². The molecule has 0 aromatic heterocycles. The number of benzene rings is 2. The molecule has 146 valence electrons. The summed E-state index contributed by atoms with van der Waals surface area (Å²) in [7, 11) is 4.82. The van der Waals surface area contributed by atoms with E-state index in [2.05, 4.69) is 0 Å². The summed E-state index contributed by atoms with van der Waals surface area (Å²) in [4.78, 5) is 15.1. The van der Waals surface area contributed by atoms with Crippen LogP contribution < -0.4 is 14.2 Å². The predicted molar refractivity (Wildman–Crippen MR) is 116 cm³/mol. The Kier molecular flexibility index (Phi) is 6.59. The van der Waals surface area contributed by atoms with E-state index in [1.165, 1.54) is 11.8 Å². The average Bonchev–Trinajstić information content (AvgIpc) is 2.99. The number of carbonyl (C=O) groups excluding carboxylic acids is 1. The van der Waals surface area contributed by atoms with E-state index in [9.17, 15) is 4.79 Å². The lowest BCUT2D eigenvalue weighted by Gasteiger charge is -2.15. The lowest BCUT2D eigenvalue weighted by molar-refractivity contribution is -0.122. The molecule has 1 aliphatic heterocycles. The van der Waals surface area contributed by atoms with Gasteiger partial charge in [0.05, 0.1) is 26.2 Å². The molecule has 0 atom stereocenters. The van der Waals surface area contributed by atoms with Crippen molar-refractivity contribution in [1.29, 1.82) is 0 Å². The minimum Gasteiger partial charge on any atom is -0.496 e. The van der Waals surface area contributed by atoms with Gasteiger partial charge < -0.3 is 14.2 Å². The number of nitrogens with zero attached hydrogens (tertiary/aromatic N) is 1. The third-order valence-corrected chi connectivity index (χ3v) is 5.75. The Balaban J connectivity index is 1.73. The van der Waals surface area contributed by atoms with Crippen LogP contribution in [0.2, 0.25) is 0 Å². The lowest BCUT2D eigenvalue weighted by atomic mass is 10.1. The molecule has 2 aromatic carbocycles. The van der Waals surface area contributed by atoms with E-state index in [0.29, 0.717) is 33.7 Å². The maximum atomic E-state index is 12.8. The van der Waals surface area contributed by atoms with Crippen LogP contribution in [0.5, 0.6) is 17.2 Å². The highest BCUT2D eigenvalue weighted by molar-refractivity contribution is 8.26. The van der Waals surface area contributed by atoms with Gasteiger partial charge in [0.25, 0.3) is 5.91 Å². The molecule has 0 saturated carbocycles. The number of amides is 1. The fourth-order valence-corrected chi connectivity index (χ4v) is 4.20. The maximum Gasteiger partial charge on any atom is 0.266 e. The standard InChI is InChI=1S/C21H21NO4S2/c1-24-16-7-5-4-6-15(16)13-19-20(23)22(21(27)28-19)11-10-14-8-9-17(25-2)18(12-14)26-3/h4-9,12-13H,10-11H2,1-3H3/b19-13+. The Morgan fingerprint density at radius 2 is 1.71 bits per heavy atom. The molecule has 1 heterocycles. The van der Waals surface area contributed by atoms with Crippen molar-refractivity contribution in [3.05, 3.63) is 58.5 Å². The van der Waals surface area contributed by atoms with Gasteiger partial charge in [0, 0.05) is 12.1 Å². The first-order chi connectivity index (χ1) is 13.6. The zero-order valence-corrected chi connectivity index (χ0v) is 17.6. The first-order valence-electron chi connectivity index (χ1n) is 8.66. The first kappa shape index (κ1) is 20.2. The second-order valence-corrected chi connectivity index (χ2v) is 7.69. The molecule has 3 rings (SSSR count). The van der Waals surface area contributed by atoms with Crippen LogP contribution in [0, 0.1) is 0 Å². The van der Waals surface area contributed by atoms with Crippen LogP contribution in [0.25, 0.3) is 6.08 Å². The summed E-state index contributed by atoms with van der Waals surface area (Å²) >= 11 is 6.74. The highest BCUT2D eigenvalue weighted by Crippen LogP contribution is 2.34. The number of para-hydroxylation sites is 1. The third-order valence-electron chi connectivity index (χ3n) is 4.37. The molecule has 2 aromatic rings. The Hall–Kier alpha value is -2.51. The van der Waals surface area contributed by atoms with Crippen LogP contribution in [0.1, 0.15) is 11.1 Å². The Morgan fingerprint density at radius 3 is 2.43 bits per heavy atom. The number of rotatable bonds is 7. The summed E-state index contributed by atoms with van der Waals surface area (Å²) < 4.78 is 16.5. The number of thioether (sulfide) groups is 1. The summed E-state index contributed by atoms with van der Waals surface area (Å²) in [5, 5.41) is 0. The van der Waals surface area contributed by atoms with E-state index in [4.69, 9.17) is 26.4 Å².